The minimum atomic E-state index is 0. The van der Waals surface area contributed by atoms with Gasteiger partial charge in [0, 0.05) is 43.6 Å². The highest BCUT2D eigenvalue weighted by molar-refractivity contribution is 5.85. The Bertz CT molecular complexity index is 707. The quantitative estimate of drug-likeness (QED) is 0.864. The van der Waals surface area contributed by atoms with Crippen LogP contribution in [0.2, 0.25) is 0 Å². The monoisotopic (exact) mass is 382 g/mol. The molecule has 0 amide bonds. The Kier molecular flexibility index (Phi) is 8.35. The summed E-state index contributed by atoms with van der Waals surface area (Å²) in [5.41, 5.74) is 1.31. The fraction of sp³-hybridized carbons (Fsp3) is 0.375. The van der Waals surface area contributed by atoms with Gasteiger partial charge in [0.2, 0.25) is 5.95 Å². The lowest BCUT2D eigenvalue weighted by Crippen LogP contribution is -2.50. The van der Waals surface area contributed by atoms with E-state index in [-0.39, 0.29) is 31.4 Å². The van der Waals surface area contributed by atoms with Gasteiger partial charge in [0.15, 0.2) is 5.75 Å². The van der Waals surface area contributed by atoms with Crippen molar-refractivity contribution >= 4 is 30.8 Å². The van der Waals surface area contributed by atoms with E-state index in [2.05, 4.69) is 38.2 Å². The van der Waals surface area contributed by atoms with Gasteiger partial charge < -0.3 is 15.0 Å². The van der Waals surface area contributed by atoms with Gasteiger partial charge in [0.05, 0.1) is 18.0 Å². The molecule has 0 radical (unpaired) electrons. The van der Waals surface area contributed by atoms with Crippen LogP contribution in [0.1, 0.15) is 18.1 Å². The molecule has 3 heterocycles. The van der Waals surface area contributed by atoms with Crippen molar-refractivity contribution in [3.63, 3.8) is 0 Å². The third kappa shape index (κ3) is 5.16. The molecule has 3 rings (SSSR count). The standard InChI is InChI=1S/C16H18N6O.2ClH/c1-12-7-19-4-5-22(12)16-20-9-15(10-21-16)23-11-13-2-3-18-8-14(13)6-17;;/h2-3,8-10,12,19H,4-5,7,11H2,1H3;2*1H. The number of nitrogens with one attached hydrogen (secondary N) is 1. The average Bonchev–Trinajstić information content (AvgIpc) is 2.61. The summed E-state index contributed by atoms with van der Waals surface area (Å²) in [4.78, 5) is 14.9. The fourth-order valence-electron chi connectivity index (χ4n) is 2.48. The van der Waals surface area contributed by atoms with E-state index < -0.39 is 0 Å². The van der Waals surface area contributed by atoms with Gasteiger partial charge in [-0.3, -0.25) is 4.98 Å². The Morgan fingerprint density at radius 1 is 1.32 bits per heavy atom. The summed E-state index contributed by atoms with van der Waals surface area (Å²) in [6.45, 7) is 5.19. The van der Waals surface area contributed by atoms with Gasteiger partial charge in [0.1, 0.15) is 12.7 Å². The lowest BCUT2D eigenvalue weighted by molar-refractivity contribution is 0.303. The predicted molar refractivity (Wildman–Crippen MR) is 99.5 cm³/mol. The Hall–Kier alpha value is -2.14. The van der Waals surface area contributed by atoms with Crippen LogP contribution in [-0.4, -0.2) is 40.6 Å². The van der Waals surface area contributed by atoms with E-state index >= 15 is 0 Å². The van der Waals surface area contributed by atoms with E-state index in [0.717, 1.165) is 25.2 Å². The number of nitriles is 1. The van der Waals surface area contributed by atoms with Crippen LogP contribution in [0, 0.1) is 11.3 Å². The van der Waals surface area contributed by atoms with Crippen molar-refractivity contribution in [1.29, 1.82) is 5.26 Å². The van der Waals surface area contributed by atoms with Gasteiger partial charge in [-0.1, -0.05) is 0 Å². The number of aromatic nitrogens is 3. The van der Waals surface area contributed by atoms with E-state index in [1.54, 1.807) is 24.7 Å². The van der Waals surface area contributed by atoms with Gasteiger partial charge in [0.25, 0.3) is 0 Å². The van der Waals surface area contributed by atoms with E-state index in [1.165, 1.54) is 6.20 Å². The maximum atomic E-state index is 9.04. The molecule has 1 atom stereocenters. The first-order chi connectivity index (χ1) is 11.3. The second kappa shape index (κ2) is 9.99. The molecule has 1 N–H and O–H groups in total. The van der Waals surface area contributed by atoms with Crippen molar-refractivity contribution in [2.24, 2.45) is 0 Å². The van der Waals surface area contributed by atoms with E-state index in [4.69, 9.17) is 10.00 Å². The summed E-state index contributed by atoms with van der Waals surface area (Å²) >= 11 is 0. The highest BCUT2D eigenvalue weighted by Gasteiger charge is 2.20. The topological polar surface area (TPSA) is 87.0 Å². The maximum absolute atomic E-state index is 9.04. The second-order valence-corrected chi connectivity index (χ2v) is 5.40. The second-order valence-electron chi connectivity index (χ2n) is 5.40. The van der Waals surface area contributed by atoms with E-state index in [9.17, 15) is 0 Å². The molecule has 0 spiro atoms. The number of halogens is 2. The van der Waals surface area contributed by atoms with Gasteiger partial charge >= 0.3 is 0 Å². The zero-order valence-electron chi connectivity index (χ0n) is 13.8. The highest BCUT2D eigenvalue weighted by atomic mass is 35.5. The van der Waals surface area contributed by atoms with E-state index in [0.29, 0.717) is 23.3 Å². The minimum absolute atomic E-state index is 0. The summed E-state index contributed by atoms with van der Waals surface area (Å²) < 4.78 is 5.67. The molecule has 1 aliphatic heterocycles. The van der Waals surface area contributed by atoms with Crippen LogP contribution in [0.5, 0.6) is 5.75 Å². The number of piperazine rings is 1. The maximum Gasteiger partial charge on any atom is 0.225 e. The number of pyridine rings is 1. The number of anilines is 1. The van der Waals surface area contributed by atoms with Crippen LogP contribution >= 0.6 is 24.8 Å². The van der Waals surface area contributed by atoms with Crippen LogP contribution in [-0.2, 0) is 6.61 Å². The Labute approximate surface area is 159 Å². The fourth-order valence-corrected chi connectivity index (χ4v) is 2.48. The molecule has 1 fully saturated rings. The van der Waals surface area contributed by atoms with Gasteiger partial charge in [-0.15, -0.1) is 24.8 Å². The number of hydrogen-bond acceptors (Lipinski definition) is 7. The third-order valence-corrected chi connectivity index (χ3v) is 3.80. The Morgan fingerprint density at radius 3 is 2.76 bits per heavy atom. The number of ether oxygens (including phenoxy) is 1. The van der Waals surface area contributed by atoms with Crippen LogP contribution in [0.4, 0.5) is 5.95 Å². The summed E-state index contributed by atoms with van der Waals surface area (Å²) in [5.74, 6) is 1.30. The third-order valence-electron chi connectivity index (χ3n) is 3.80. The normalized spacial score (nSPS) is 16.2. The predicted octanol–water partition coefficient (Wildman–Crippen LogP) is 1.96. The van der Waals surface area contributed by atoms with Crippen LogP contribution < -0.4 is 15.0 Å². The highest BCUT2D eigenvalue weighted by Crippen LogP contribution is 2.17. The SMILES string of the molecule is CC1CNCCN1c1ncc(OCc2ccncc2C#N)cn1.Cl.Cl. The molecular formula is C16H20Cl2N6O. The Balaban J connectivity index is 0.00000156. The summed E-state index contributed by atoms with van der Waals surface area (Å²) in [6, 6.07) is 4.24. The van der Waals surface area contributed by atoms with Gasteiger partial charge in [-0.25, -0.2) is 9.97 Å². The first kappa shape index (κ1) is 20.9. The molecule has 1 unspecified atom stereocenters. The molecule has 0 aromatic carbocycles. The molecule has 2 aromatic heterocycles. The van der Waals surface area contributed by atoms with Crippen molar-refractivity contribution in [1.82, 2.24) is 20.3 Å². The molecule has 1 saturated heterocycles. The van der Waals surface area contributed by atoms with Crippen molar-refractivity contribution in [3.05, 3.63) is 42.0 Å². The first-order valence-corrected chi connectivity index (χ1v) is 7.53. The van der Waals surface area contributed by atoms with Gasteiger partial charge in [-0.2, -0.15) is 5.26 Å². The number of hydrogen-bond donors (Lipinski definition) is 1. The van der Waals surface area contributed by atoms with E-state index in [1.807, 2.05) is 0 Å². The largest absolute Gasteiger partial charge is 0.486 e. The first-order valence-electron chi connectivity index (χ1n) is 7.53. The smallest absolute Gasteiger partial charge is 0.225 e. The van der Waals surface area contributed by atoms with Gasteiger partial charge in [-0.05, 0) is 13.0 Å². The van der Waals surface area contributed by atoms with Crippen molar-refractivity contribution < 1.29 is 4.74 Å². The Morgan fingerprint density at radius 2 is 2.08 bits per heavy atom. The molecule has 0 aliphatic carbocycles. The molecule has 1 aliphatic rings. The molecule has 9 heteroatoms. The lowest BCUT2D eigenvalue weighted by Gasteiger charge is -2.33. The minimum Gasteiger partial charge on any atom is -0.486 e. The van der Waals surface area contributed by atoms with Crippen molar-refractivity contribution in [3.8, 4) is 11.8 Å². The van der Waals surface area contributed by atoms with Crippen LogP contribution in [0.15, 0.2) is 30.9 Å². The summed E-state index contributed by atoms with van der Waals surface area (Å²) in [6.07, 6.45) is 6.52. The molecular weight excluding hydrogens is 363 g/mol. The number of rotatable bonds is 4. The lowest BCUT2D eigenvalue weighted by atomic mass is 10.2. The van der Waals surface area contributed by atoms with Crippen molar-refractivity contribution in [2.45, 2.75) is 19.6 Å². The molecule has 2 aromatic rings. The molecule has 0 bridgehead atoms. The zero-order valence-corrected chi connectivity index (χ0v) is 15.4. The summed E-state index contributed by atoms with van der Waals surface area (Å²) in [5, 5.41) is 12.4. The molecule has 0 saturated carbocycles. The summed E-state index contributed by atoms with van der Waals surface area (Å²) in [7, 11) is 0. The molecule has 134 valence electrons. The molecule has 25 heavy (non-hydrogen) atoms. The zero-order chi connectivity index (χ0) is 16.1. The van der Waals surface area contributed by atoms with Crippen LogP contribution in [0.3, 0.4) is 0 Å². The number of nitrogens with zero attached hydrogens (tertiary/aromatic N) is 5. The van der Waals surface area contributed by atoms with Crippen LogP contribution in [0.25, 0.3) is 0 Å². The molecule has 7 nitrogen and oxygen atoms in total. The van der Waals surface area contributed by atoms with Crippen molar-refractivity contribution in [2.75, 3.05) is 24.5 Å². The average molecular weight is 383 g/mol.